The van der Waals surface area contributed by atoms with E-state index in [1.165, 1.54) is 11.3 Å². The van der Waals surface area contributed by atoms with Crippen molar-refractivity contribution in [2.75, 3.05) is 0 Å². The Hall–Kier alpha value is -2.35. The Morgan fingerprint density at radius 3 is 2.67 bits per heavy atom. The molecule has 3 rings (SSSR count). The second-order valence-corrected chi connectivity index (χ2v) is 5.06. The van der Waals surface area contributed by atoms with E-state index in [0.29, 0.717) is 5.57 Å². The number of aromatic amines is 1. The van der Waals surface area contributed by atoms with Crippen molar-refractivity contribution < 1.29 is 0 Å². The number of nitriles is 1. The van der Waals surface area contributed by atoms with Gasteiger partial charge in [-0.05, 0) is 18.2 Å². The molecule has 0 atom stereocenters. The number of hydrogen-bond donors (Lipinski definition) is 1. The van der Waals surface area contributed by atoms with E-state index in [9.17, 15) is 5.26 Å². The van der Waals surface area contributed by atoms with Crippen LogP contribution in [0.2, 0.25) is 0 Å². The zero-order chi connectivity index (χ0) is 13.8. The first-order valence-electron chi connectivity index (χ1n) is 6.13. The summed E-state index contributed by atoms with van der Waals surface area (Å²) in [5.74, 6) is 0. The molecule has 2 heterocycles. The van der Waals surface area contributed by atoms with Gasteiger partial charge >= 0.3 is 0 Å². The van der Waals surface area contributed by atoms with E-state index in [4.69, 9.17) is 0 Å². The minimum absolute atomic E-state index is 0. The second-order valence-electron chi connectivity index (χ2n) is 4.20. The van der Waals surface area contributed by atoms with Crippen LogP contribution in [-0.2, 0) is 0 Å². The van der Waals surface area contributed by atoms with Crippen LogP contribution >= 0.6 is 23.7 Å². The van der Waals surface area contributed by atoms with Crippen LogP contribution in [0.3, 0.4) is 0 Å². The molecular weight excluding hydrogens is 302 g/mol. The summed E-state index contributed by atoms with van der Waals surface area (Å²) in [4.78, 5) is 7.61. The van der Waals surface area contributed by atoms with Gasteiger partial charge in [0.05, 0.1) is 11.3 Å². The third-order valence-corrected chi connectivity index (χ3v) is 3.72. The van der Waals surface area contributed by atoms with Gasteiger partial charge in [-0.2, -0.15) is 5.26 Å². The fraction of sp³-hybridized carbons (Fsp3) is 0. The molecule has 21 heavy (non-hydrogen) atoms. The molecule has 0 aliphatic rings. The third kappa shape index (κ3) is 3.40. The Morgan fingerprint density at radius 1 is 1.19 bits per heavy atom. The molecule has 104 valence electrons. The SMILES string of the molecule is Cl.N#C/C(=C\c1ccc[nH]1)c1nc(-c2ccccc2)cs1. The van der Waals surface area contributed by atoms with Crippen LogP contribution in [0.15, 0.2) is 54.0 Å². The van der Waals surface area contributed by atoms with Gasteiger partial charge in [-0.15, -0.1) is 23.7 Å². The first-order chi connectivity index (χ1) is 9.86. The maximum atomic E-state index is 9.29. The zero-order valence-electron chi connectivity index (χ0n) is 11.0. The third-order valence-electron chi connectivity index (χ3n) is 2.85. The molecule has 0 bridgehead atoms. The van der Waals surface area contributed by atoms with Gasteiger partial charge in [0, 0.05) is 22.8 Å². The van der Waals surface area contributed by atoms with Gasteiger partial charge in [0.1, 0.15) is 11.1 Å². The van der Waals surface area contributed by atoms with Gasteiger partial charge in [-0.25, -0.2) is 4.98 Å². The highest BCUT2D eigenvalue weighted by atomic mass is 35.5. The topological polar surface area (TPSA) is 52.5 Å². The quantitative estimate of drug-likeness (QED) is 0.717. The van der Waals surface area contributed by atoms with Crippen molar-refractivity contribution in [2.45, 2.75) is 0 Å². The minimum atomic E-state index is 0. The Morgan fingerprint density at radius 2 is 2.00 bits per heavy atom. The number of allylic oxidation sites excluding steroid dienone is 1. The van der Waals surface area contributed by atoms with Crippen molar-refractivity contribution in [3.8, 4) is 17.3 Å². The van der Waals surface area contributed by atoms with Crippen molar-refractivity contribution in [3.05, 3.63) is 64.7 Å². The largest absolute Gasteiger partial charge is 0.362 e. The van der Waals surface area contributed by atoms with Gasteiger partial charge in [-0.3, -0.25) is 0 Å². The van der Waals surface area contributed by atoms with E-state index in [1.807, 2.05) is 60.1 Å². The number of nitrogens with zero attached hydrogens (tertiary/aromatic N) is 2. The average molecular weight is 314 g/mol. The lowest BCUT2D eigenvalue weighted by molar-refractivity contribution is 1.36. The Kier molecular flexibility index (Phi) is 4.94. The molecule has 0 unspecified atom stereocenters. The predicted molar refractivity (Wildman–Crippen MR) is 89.1 cm³/mol. The van der Waals surface area contributed by atoms with Crippen molar-refractivity contribution in [1.82, 2.24) is 9.97 Å². The highest BCUT2D eigenvalue weighted by Gasteiger charge is 2.08. The van der Waals surface area contributed by atoms with E-state index < -0.39 is 0 Å². The normalized spacial score (nSPS) is 10.7. The number of thiazole rings is 1. The molecule has 0 radical (unpaired) electrons. The summed E-state index contributed by atoms with van der Waals surface area (Å²) in [5, 5.41) is 12.0. The van der Waals surface area contributed by atoms with Crippen LogP contribution in [-0.4, -0.2) is 9.97 Å². The van der Waals surface area contributed by atoms with Gasteiger partial charge in [0.15, 0.2) is 0 Å². The number of nitrogens with one attached hydrogen (secondary N) is 1. The van der Waals surface area contributed by atoms with Crippen molar-refractivity contribution >= 4 is 35.4 Å². The van der Waals surface area contributed by atoms with Crippen molar-refractivity contribution in [3.63, 3.8) is 0 Å². The van der Waals surface area contributed by atoms with Gasteiger partial charge in [0.25, 0.3) is 0 Å². The molecule has 0 saturated carbocycles. The van der Waals surface area contributed by atoms with Crippen molar-refractivity contribution in [1.29, 1.82) is 5.26 Å². The lowest BCUT2D eigenvalue weighted by atomic mass is 10.2. The molecule has 3 aromatic rings. The first kappa shape index (κ1) is 15.0. The summed E-state index contributed by atoms with van der Waals surface area (Å²) in [6, 6.07) is 16.0. The molecule has 1 N–H and O–H groups in total. The molecule has 0 aliphatic heterocycles. The fourth-order valence-corrected chi connectivity index (χ4v) is 2.66. The molecule has 2 aromatic heterocycles. The summed E-state index contributed by atoms with van der Waals surface area (Å²) in [6.07, 6.45) is 3.64. The first-order valence-corrected chi connectivity index (χ1v) is 7.01. The lowest BCUT2D eigenvalue weighted by Gasteiger charge is -1.95. The van der Waals surface area contributed by atoms with Crippen LogP contribution < -0.4 is 0 Å². The summed E-state index contributed by atoms with van der Waals surface area (Å²) >= 11 is 1.48. The molecule has 3 nitrogen and oxygen atoms in total. The number of H-pyrrole nitrogens is 1. The van der Waals surface area contributed by atoms with E-state index >= 15 is 0 Å². The minimum Gasteiger partial charge on any atom is -0.362 e. The molecule has 0 amide bonds. The maximum absolute atomic E-state index is 9.29. The molecule has 0 spiro atoms. The molecule has 5 heteroatoms. The highest BCUT2D eigenvalue weighted by molar-refractivity contribution is 7.11. The number of rotatable bonds is 3. The standard InChI is InChI=1S/C16H11N3S.ClH/c17-10-13(9-14-7-4-8-18-14)16-19-15(11-20-16)12-5-2-1-3-6-12;/h1-9,11,18H;1H/b13-9+;. The summed E-state index contributed by atoms with van der Waals surface area (Å²) in [5.41, 5.74) is 3.43. The monoisotopic (exact) mass is 313 g/mol. The number of benzene rings is 1. The average Bonchev–Trinajstić information content (AvgIpc) is 3.17. The number of aromatic nitrogens is 2. The van der Waals surface area contributed by atoms with Crippen LogP contribution in [0, 0.1) is 11.3 Å². The number of halogens is 1. The van der Waals surface area contributed by atoms with Crippen LogP contribution in [0.5, 0.6) is 0 Å². The van der Waals surface area contributed by atoms with E-state index in [2.05, 4.69) is 16.0 Å². The Labute approximate surface area is 133 Å². The Bertz CT molecular complexity index is 767. The maximum Gasteiger partial charge on any atom is 0.134 e. The van der Waals surface area contributed by atoms with E-state index in [1.54, 1.807) is 0 Å². The highest BCUT2D eigenvalue weighted by Crippen LogP contribution is 2.26. The zero-order valence-corrected chi connectivity index (χ0v) is 12.6. The second kappa shape index (κ2) is 6.89. The molecule has 0 aliphatic carbocycles. The molecule has 0 fully saturated rings. The van der Waals surface area contributed by atoms with Gasteiger partial charge in [-0.1, -0.05) is 30.3 Å². The summed E-state index contributed by atoms with van der Waals surface area (Å²) < 4.78 is 0. The smallest absolute Gasteiger partial charge is 0.134 e. The van der Waals surface area contributed by atoms with E-state index in [0.717, 1.165) is 22.0 Å². The fourth-order valence-electron chi connectivity index (χ4n) is 1.87. The van der Waals surface area contributed by atoms with Crippen molar-refractivity contribution in [2.24, 2.45) is 0 Å². The lowest BCUT2D eigenvalue weighted by Crippen LogP contribution is -1.82. The Balaban J connectivity index is 0.00000161. The molecule has 1 aromatic carbocycles. The predicted octanol–water partition coefficient (Wildman–Crippen LogP) is 4.62. The van der Waals surface area contributed by atoms with Crippen LogP contribution in [0.4, 0.5) is 0 Å². The van der Waals surface area contributed by atoms with Crippen LogP contribution in [0.1, 0.15) is 10.7 Å². The summed E-state index contributed by atoms with van der Waals surface area (Å²) in [6.45, 7) is 0. The molecule has 0 saturated heterocycles. The van der Waals surface area contributed by atoms with E-state index in [-0.39, 0.29) is 12.4 Å². The molecular formula is C16H12ClN3S. The number of hydrogen-bond acceptors (Lipinski definition) is 3. The van der Waals surface area contributed by atoms with Gasteiger partial charge in [0.2, 0.25) is 0 Å². The van der Waals surface area contributed by atoms with Gasteiger partial charge < -0.3 is 4.98 Å². The summed E-state index contributed by atoms with van der Waals surface area (Å²) in [7, 11) is 0. The van der Waals surface area contributed by atoms with Crippen LogP contribution in [0.25, 0.3) is 22.9 Å².